The maximum atomic E-state index is 12.6. The van der Waals surface area contributed by atoms with Gasteiger partial charge >= 0.3 is 11.9 Å². The van der Waals surface area contributed by atoms with Crippen molar-refractivity contribution in [3.8, 4) is 0 Å². The minimum absolute atomic E-state index is 0.0391. The monoisotopic (exact) mass is 358 g/mol. The van der Waals surface area contributed by atoms with Gasteiger partial charge in [0.15, 0.2) is 11.5 Å². The van der Waals surface area contributed by atoms with Crippen LogP contribution in [0.15, 0.2) is 24.4 Å². The molecule has 2 rings (SSSR count). The molecule has 1 aromatic carbocycles. The highest BCUT2D eigenvalue weighted by Gasteiger charge is 2.23. The molecule has 26 heavy (non-hydrogen) atoms. The van der Waals surface area contributed by atoms with Gasteiger partial charge in [-0.2, -0.15) is 0 Å². The third kappa shape index (κ3) is 4.36. The molecule has 0 bridgehead atoms. The number of ketones is 1. The van der Waals surface area contributed by atoms with E-state index < -0.39 is 11.9 Å². The highest BCUT2D eigenvalue weighted by molar-refractivity contribution is 5.97. The van der Waals surface area contributed by atoms with Crippen molar-refractivity contribution in [1.82, 2.24) is 9.55 Å². The molecule has 0 spiro atoms. The van der Waals surface area contributed by atoms with Crippen molar-refractivity contribution in [3.05, 3.63) is 52.6 Å². The van der Waals surface area contributed by atoms with Crippen LogP contribution < -0.4 is 0 Å². The number of esters is 2. The third-order valence-corrected chi connectivity index (χ3v) is 3.86. The number of rotatable bonds is 7. The summed E-state index contributed by atoms with van der Waals surface area (Å²) in [6.07, 6.45) is 1.34. The van der Waals surface area contributed by atoms with Gasteiger partial charge in [0, 0.05) is 11.8 Å². The second-order valence-corrected chi connectivity index (χ2v) is 5.74. The summed E-state index contributed by atoms with van der Waals surface area (Å²) in [7, 11) is 0. The first kappa shape index (κ1) is 19.4. The van der Waals surface area contributed by atoms with Gasteiger partial charge in [0.25, 0.3) is 0 Å². The fourth-order valence-electron chi connectivity index (χ4n) is 2.36. The van der Waals surface area contributed by atoms with Crippen molar-refractivity contribution in [2.45, 2.75) is 34.2 Å². The van der Waals surface area contributed by atoms with E-state index in [2.05, 4.69) is 4.98 Å². The zero-order valence-corrected chi connectivity index (χ0v) is 15.4. The van der Waals surface area contributed by atoms with Crippen molar-refractivity contribution in [2.75, 3.05) is 13.2 Å². The number of aryl methyl sites for hydroxylation is 2. The molecule has 7 nitrogen and oxygen atoms in total. The fraction of sp³-hybridized carbons (Fsp3) is 0.368. The molecular weight excluding hydrogens is 336 g/mol. The van der Waals surface area contributed by atoms with Gasteiger partial charge in [-0.3, -0.25) is 4.79 Å². The molecule has 0 N–H and O–H groups in total. The molecule has 7 heteroatoms. The Labute approximate surface area is 151 Å². The van der Waals surface area contributed by atoms with Crippen LogP contribution in [0.5, 0.6) is 0 Å². The van der Waals surface area contributed by atoms with E-state index in [0.29, 0.717) is 5.56 Å². The smallest absolute Gasteiger partial charge is 0.374 e. The van der Waals surface area contributed by atoms with E-state index in [1.807, 2.05) is 19.9 Å². The van der Waals surface area contributed by atoms with Gasteiger partial charge in [-0.15, -0.1) is 0 Å². The summed E-state index contributed by atoms with van der Waals surface area (Å²) in [5.74, 6) is -1.66. The Balaban J connectivity index is 2.33. The first-order valence-electron chi connectivity index (χ1n) is 8.39. The molecule has 0 radical (unpaired) electrons. The number of aromatic nitrogens is 2. The summed E-state index contributed by atoms with van der Waals surface area (Å²) in [6.45, 7) is 7.43. The third-order valence-electron chi connectivity index (χ3n) is 3.86. The Morgan fingerprint density at radius 2 is 1.65 bits per heavy atom. The maximum Gasteiger partial charge on any atom is 0.374 e. The lowest BCUT2D eigenvalue weighted by Crippen LogP contribution is -2.17. The number of benzene rings is 1. The number of hydrogen-bond acceptors (Lipinski definition) is 6. The molecular formula is C19H22N2O5. The molecule has 0 aliphatic carbocycles. The molecule has 1 heterocycles. The average molecular weight is 358 g/mol. The van der Waals surface area contributed by atoms with Crippen LogP contribution in [0.4, 0.5) is 0 Å². The lowest BCUT2D eigenvalue weighted by Gasteiger charge is -2.08. The van der Waals surface area contributed by atoms with Gasteiger partial charge in [-0.25, -0.2) is 14.6 Å². The Morgan fingerprint density at radius 1 is 1.00 bits per heavy atom. The van der Waals surface area contributed by atoms with Crippen LogP contribution >= 0.6 is 0 Å². The second-order valence-electron chi connectivity index (χ2n) is 5.74. The molecule has 0 saturated heterocycles. The number of Topliss-reactive ketones (excluding diaryl/α,β-unsaturated/α-hetero) is 1. The molecule has 138 valence electrons. The first-order chi connectivity index (χ1) is 12.4. The molecule has 0 aliphatic rings. The first-order valence-corrected chi connectivity index (χ1v) is 8.39. The minimum atomic E-state index is -0.698. The standard InChI is InChI=1S/C19H22N2O5/c1-5-25-18(23)15-10-21(17(20-15)19(24)26-6-2)11-16(22)14-8-7-12(3)13(4)9-14/h7-10H,5-6,11H2,1-4H3. The summed E-state index contributed by atoms with van der Waals surface area (Å²) >= 11 is 0. The molecule has 2 aromatic rings. The Morgan fingerprint density at radius 3 is 2.27 bits per heavy atom. The topological polar surface area (TPSA) is 87.5 Å². The van der Waals surface area contributed by atoms with E-state index >= 15 is 0 Å². The van der Waals surface area contributed by atoms with Crippen molar-refractivity contribution in [3.63, 3.8) is 0 Å². The van der Waals surface area contributed by atoms with Crippen molar-refractivity contribution >= 4 is 17.7 Å². The zero-order chi connectivity index (χ0) is 19.3. The van der Waals surface area contributed by atoms with Crippen LogP contribution in [0.25, 0.3) is 0 Å². The SMILES string of the molecule is CCOC(=O)c1cn(CC(=O)c2ccc(C)c(C)c2)c(C(=O)OCC)n1. The number of hydrogen-bond donors (Lipinski definition) is 0. The molecule has 0 unspecified atom stereocenters. The van der Waals surface area contributed by atoms with Gasteiger partial charge in [0.2, 0.25) is 5.82 Å². The van der Waals surface area contributed by atoms with Crippen LogP contribution in [0.1, 0.15) is 56.4 Å². The molecule has 0 amide bonds. The van der Waals surface area contributed by atoms with E-state index in [-0.39, 0.29) is 37.1 Å². The van der Waals surface area contributed by atoms with Gasteiger partial charge in [0.05, 0.1) is 19.8 Å². The lowest BCUT2D eigenvalue weighted by atomic mass is 10.0. The molecule has 0 aliphatic heterocycles. The molecule has 0 atom stereocenters. The second kappa shape index (κ2) is 8.42. The number of ether oxygens (including phenoxy) is 2. The van der Waals surface area contributed by atoms with Crippen LogP contribution in [-0.4, -0.2) is 40.5 Å². The summed E-state index contributed by atoms with van der Waals surface area (Å²) < 4.78 is 11.2. The highest BCUT2D eigenvalue weighted by Crippen LogP contribution is 2.13. The quantitative estimate of drug-likeness (QED) is 0.559. The van der Waals surface area contributed by atoms with Crippen molar-refractivity contribution < 1.29 is 23.9 Å². The van der Waals surface area contributed by atoms with E-state index in [4.69, 9.17) is 9.47 Å². The van der Waals surface area contributed by atoms with Crippen molar-refractivity contribution in [1.29, 1.82) is 0 Å². The largest absolute Gasteiger partial charge is 0.461 e. The Bertz CT molecular complexity index is 838. The fourth-order valence-corrected chi connectivity index (χ4v) is 2.36. The van der Waals surface area contributed by atoms with Gasteiger partial charge < -0.3 is 14.0 Å². The zero-order valence-electron chi connectivity index (χ0n) is 15.4. The van der Waals surface area contributed by atoms with E-state index in [1.165, 1.54) is 10.8 Å². The number of carbonyl (C=O) groups excluding carboxylic acids is 3. The minimum Gasteiger partial charge on any atom is -0.461 e. The lowest BCUT2D eigenvalue weighted by molar-refractivity contribution is 0.0506. The molecule has 0 fully saturated rings. The van der Waals surface area contributed by atoms with E-state index in [9.17, 15) is 14.4 Å². The van der Waals surface area contributed by atoms with Crippen LogP contribution in [0.3, 0.4) is 0 Å². The van der Waals surface area contributed by atoms with Crippen LogP contribution in [0, 0.1) is 13.8 Å². The summed E-state index contributed by atoms with van der Waals surface area (Å²) in [6, 6.07) is 5.40. The molecule has 0 saturated carbocycles. The predicted molar refractivity (Wildman–Crippen MR) is 94.4 cm³/mol. The highest BCUT2D eigenvalue weighted by atomic mass is 16.5. The number of carbonyl (C=O) groups is 3. The Hall–Kier alpha value is -2.96. The predicted octanol–water partition coefficient (Wildman–Crippen LogP) is 2.74. The normalized spacial score (nSPS) is 10.5. The van der Waals surface area contributed by atoms with Gasteiger partial charge in [-0.1, -0.05) is 12.1 Å². The number of nitrogens with zero attached hydrogens (tertiary/aromatic N) is 2. The van der Waals surface area contributed by atoms with Crippen LogP contribution in [0.2, 0.25) is 0 Å². The summed E-state index contributed by atoms with van der Waals surface area (Å²) in [4.78, 5) is 40.6. The number of imidazole rings is 1. The Kier molecular flexibility index (Phi) is 6.27. The summed E-state index contributed by atoms with van der Waals surface area (Å²) in [5.41, 5.74) is 2.57. The van der Waals surface area contributed by atoms with Gasteiger partial charge in [0.1, 0.15) is 0 Å². The average Bonchev–Trinajstić information content (AvgIpc) is 3.01. The van der Waals surface area contributed by atoms with E-state index in [0.717, 1.165) is 11.1 Å². The molecule has 1 aromatic heterocycles. The van der Waals surface area contributed by atoms with E-state index in [1.54, 1.807) is 26.0 Å². The van der Waals surface area contributed by atoms with Gasteiger partial charge in [-0.05, 0) is 44.9 Å². The van der Waals surface area contributed by atoms with Crippen molar-refractivity contribution in [2.24, 2.45) is 0 Å². The summed E-state index contributed by atoms with van der Waals surface area (Å²) in [5, 5.41) is 0. The maximum absolute atomic E-state index is 12.6. The van der Waals surface area contributed by atoms with Crippen LogP contribution in [-0.2, 0) is 16.0 Å².